The fourth-order valence-corrected chi connectivity index (χ4v) is 3.99. The van der Waals surface area contributed by atoms with Gasteiger partial charge in [-0.2, -0.15) is 43.5 Å². The van der Waals surface area contributed by atoms with E-state index in [1.54, 1.807) is 0 Å². The first-order valence-corrected chi connectivity index (χ1v) is 11.1. The van der Waals surface area contributed by atoms with Crippen LogP contribution < -0.4 is 19.8 Å². The summed E-state index contributed by atoms with van der Waals surface area (Å²) in [5.74, 6) is -11.5. The second-order valence-electron chi connectivity index (χ2n) is 7.57. The smallest absolute Gasteiger partial charge is 0.349 e. The molecule has 1 aliphatic rings. The summed E-state index contributed by atoms with van der Waals surface area (Å²) in [6.07, 6.45) is -5.99. The van der Waals surface area contributed by atoms with Gasteiger partial charge in [0.25, 0.3) is 5.91 Å². The molecule has 0 bridgehead atoms. The molecule has 1 aliphatic heterocycles. The van der Waals surface area contributed by atoms with Gasteiger partial charge in [0, 0.05) is 7.05 Å². The van der Waals surface area contributed by atoms with Crippen LogP contribution >= 0.6 is 0 Å². The summed E-state index contributed by atoms with van der Waals surface area (Å²) in [6, 6.07) is 2.59. The SMILES string of the molecule is CC(C(=O)NCC(F)(F)C(F)(F)F)C(=O)NC1CN(S(=O)(=O)C(F)(F)F)c2ccccc2N(C)C1=O. The van der Waals surface area contributed by atoms with Crippen molar-refractivity contribution in [3.8, 4) is 0 Å². The minimum Gasteiger partial charge on any atom is -0.349 e. The molecule has 2 atom stereocenters. The van der Waals surface area contributed by atoms with Crippen LogP contribution in [0.2, 0.25) is 0 Å². The minimum atomic E-state index is -6.09. The van der Waals surface area contributed by atoms with Gasteiger partial charge in [0.2, 0.25) is 11.8 Å². The summed E-state index contributed by atoms with van der Waals surface area (Å²) in [6.45, 7) is -2.71. The van der Waals surface area contributed by atoms with Gasteiger partial charge in [-0.15, -0.1) is 0 Å². The lowest BCUT2D eigenvalue weighted by atomic mass is 10.1. The number of hydrogen-bond acceptors (Lipinski definition) is 5. The molecule has 9 nitrogen and oxygen atoms in total. The van der Waals surface area contributed by atoms with E-state index in [9.17, 15) is 57.9 Å². The van der Waals surface area contributed by atoms with Gasteiger partial charge in [-0.3, -0.25) is 18.7 Å². The van der Waals surface area contributed by atoms with E-state index in [1.807, 2.05) is 5.32 Å². The number of rotatable bonds is 6. The van der Waals surface area contributed by atoms with E-state index in [1.165, 1.54) is 17.4 Å². The van der Waals surface area contributed by atoms with Gasteiger partial charge in [0.05, 0.1) is 24.5 Å². The van der Waals surface area contributed by atoms with Gasteiger partial charge in [0.15, 0.2) is 0 Å². The Morgan fingerprint density at radius 1 is 1.03 bits per heavy atom. The number of benzene rings is 1. The zero-order valence-electron chi connectivity index (χ0n) is 18.2. The summed E-state index contributed by atoms with van der Waals surface area (Å²) in [5.41, 5.74) is -6.63. The molecule has 0 spiro atoms. The van der Waals surface area contributed by atoms with Crippen molar-refractivity contribution < 1.29 is 57.9 Å². The van der Waals surface area contributed by atoms with Crippen LogP contribution in [0.4, 0.5) is 46.5 Å². The van der Waals surface area contributed by atoms with Crippen molar-refractivity contribution in [1.29, 1.82) is 0 Å². The van der Waals surface area contributed by atoms with E-state index >= 15 is 0 Å². The van der Waals surface area contributed by atoms with Crippen molar-refractivity contribution in [3.63, 3.8) is 0 Å². The van der Waals surface area contributed by atoms with Gasteiger partial charge in [-0.05, 0) is 19.1 Å². The molecule has 18 heteroatoms. The maximum Gasteiger partial charge on any atom is 0.516 e. The summed E-state index contributed by atoms with van der Waals surface area (Å²) >= 11 is 0. The van der Waals surface area contributed by atoms with Gasteiger partial charge in [0.1, 0.15) is 12.0 Å². The third-order valence-corrected chi connectivity index (χ3v) is 6.58. The zero-order valence-corrected chi connectivity index (χ0v) is 19.1. The van der Waals surface area contributed by atoms with E-state index in [0.29, 0.717) is 0 Å². The fourth-order valence-electron chi connectivity index (χ4n) is 2.98. The maximum atomic E-state index is 13.3. The molecule has 0 fully saturated rings. The van der Waals surface area contributed by atoms with Crippen LogP contribution in [-0.2, 0) is 24.4 Å². The molecule has 0 aromatic heterocycles. The zero-order chi connectivity index (χ0) is 27.9. The van der Waals surface area contributed by atoms with Crippen molar-refractivity contribution in [1.82, 2.24) is 10.6 Å². The third kappa shape index (κ3) is 5.62. The highest BCUT2D eigenvalue weighted by Gasteiger charge is 2.57. The quantitative estimate of drug-likeness (QED) is 0.411. The number of para-hydroxylation sites is 2. The molecule has 1 aromatic rings. The topological polar surface area (TPSA) is 116 Å². The number of halogens is 8. The number of carbonyl (C=O) groups excluding carboxylic acids is 3. The van der Waals surface area contributed by atoms with E-state index in [4.69, 9.17) is 0 Å². The Kier molecular flexibility index (Phi) is 7.83. The van der Waals surface area contributed by atoms with Crippen LogP contribution in [0.1, 0.15) is 6.92 Å². The van der Waals surface area contributed by atoms with Crippen molar-refractivity contribution in [3.05, 3.63) is 24.3 Å². The summed E-state index contributed by atoms with van der Waals surface area (Å²) in [5, 5.41) is 3.09. The Balaban J connectivity index is 2.30. The molecule has 2 N–H and O–H groups in total. The number of hydrogen-bond donors (Lipinski definition) is 2. The molecule has 2 unspecified atom stereocenters. The highest BCUT2D eigenvalue weighted by atomic mass is 32.2. The van der Waals surface area contributed by atoms with Crippen LogP contribution in [0.5, 0.6) is 0 Å². The first-order valence-electron chi connectivity index (χ1n) is 9.70. The standard InChI is InChI=1S/C18H18F8N4O5S/c1-9(13(31)27-8-16(19,20)17(21,22)23)14(32)28-10-7-30(36(34,35)18(24,25)26)12-6-4-3-5-11(12)29(2)15(10)33/h3-6,9-10H,7-8H2,1-2H3,(H,27,31)(H,28,32). The first-order chi connectivity index (χ1) is 16.2. The number of alkyl halides is 8. The van der Waals surface area contributed by atoms with Crippen LogP contribution in [0.25, 0.3) is 0 Å². The van der Waals surface area contributed by atoms with Crippen LogP contribution in [-0.4, -0.2) is 69.9 Å². The van der Waals surface area contributed by atoms with Crippen molar-refractivity contribution in [2.75, 3.05) is 29.3 Å². The largest absolute Gasteiger partial charge is 0.516 e. The molecule has 36 heavy (non-hydrogen) atoms. The predicted molar refractivity (Wildman–Crippen MR) is 107 cm³/mol. The molecule has 1 aromatic carbocycles. The Morgan fingerprint density at radius 3 is 2.06 bits per heavy atom. The Bertz CT molecular complexity index is 1140. The second-order valence-corrected chi connectivity index (χ2v) is 9.42. The monoisotopic (exact) mass is 554 g/mol. The minimum absolute atomic E-state index is 0.163. The number of sulfonamides is 1. The number of nitrogens with one attached hydrogen (secondary N) is 2. The number of amides is 3. The average molecular weight is 554 g/mol. The number of likely N-dealkylation sites (N-methyl/N-ethyl adjacent to an activating group) is 1. The molecular formula is C18H18F8N4O5S. The summed E-state index contributed by atoms with van der Waals surface area (Å²) < 4.78 is 127. The molecule has 2 rings (SSSR count). The fraction of sp³-hybridized carbons (Fsp3) is 0.500. The van der Waals surface area contributed by atoms with Crippen LogP contribution in [0.15, 0.2) is 24.3 Å². The van der Waals surface area contributed by atoms with E-state index in [0.717, 1.165) is 31.0 Å². The number of fused-ring (bicyclic) bond motifs is 1. The lowest BCUT2D eigenvalue weighted by molar-refractivity contribution is -0.278. The Morgan fingerprint density at radius 2 is 1.56 bits per heavy atom. The molecule has 0 aliphatic carbocycles. The van der Waals surface area contributed by atoms with Crippen molar-refractivity contribution in [2.45, 2.75) is 30.6 Å². The highest BCUT2D eigenvalue weighted by molar-refractivity contribution is 7.93. The normalized spacial score (nSPS) is 18.3. The Hall–Kier alpha value is -3.18. The molecular weight excluding hydrogens is 536 g/mol. The van der Waals surface area contributed by atoms with E-state index in [2.05, 4.69) is 0 Å². The average Bonchev–Trinajstić information content (AvgIpc) is 2.86. The van der Waals surface area contributed by atoms with Crippen LogP contribution in [0.3, 0.4) is 0 Å². The number of carbonyl (C=O) groups is 3. The highest BCUT2D eigenvalue weighted by Crippen LogP contribution is 2.38. The van der Waals surface area contributed by atoms with Crippen molar-refractivity contribution >= 4 is 39.1 Å². The second kappa shape index (κ2) is 9.70. The van der Waals surface area contributed by atoms with E-state index in [-0.39, 0.29) is 9.99 Å². The number of anilines is 2. The van der Waals surface area contributed by atoms with E-state index < -0.39 is 76.1 Å². The predicted octanol–water partition coefficient (Wildman–Crippen LogP) is 1.75. The molecule has 0 saturated heterocycles. The summed E-state index contributed by atoms with van der Waals surface area (Å²) in [4.78, 5) is 37.9. The van der Waals surface area contributed by atoms with Gasteiger partial charge >= 0.3 is 27.6 Å². The first kappa shape index (κ1) is 29.1. The lowest BCUT2D eigenvalue weighted by Gasteiger charge is -2.27. The van der Waals surface area contributed by atoms with Gasteiger partial charge in [-0.25, -0.2) is 0 Å². The maximum absolute atomic E-state index is 13.3. The molecule has 0 saturated carbocycles. The summed E-state index contributed by atoms with van der Waals surface area (Å²) in [7, 11) is -5.02. The van der Waals surface area contributed by atoms with Crippen molar-refractivity contribution in [2.24, 2.45) is 5.92 Å². The van der Waals surface area contributed by atoms with Gasteiger partial charge < -0.3 is 15.5 Å². The molecule has 3 amide bonds. The third-order valence-electron chi connectivity index (χ3n) is 5.07. The molecule has 202 valence electrons. The Labute approximate surface area is 198 Å². The number of nitrogens with zero attached hydrogens (tertiary/aromatic N) is 2. The van der Waals surface area contributed by atoms with Gasteiger partial charge in [-0.1, -0.05) is 12.1 Å². The lowest BCUT2D eigenvalue weighted by Crippen LogP contribution is -2.56. The molecule has 1 heterocycles. The van der Waals surface area contributed by atoms with Crippen LogP contribution in [0, 0.1) is 5.92 Å². The molecule has 0 radical (unpaired) electrons.